The summed E-state index contributed by atoms with van der Waals surface area (Å²) < 4.78 is 10.7. The quantitative estimate of drug-likeness (QED) is 0.604. The van der Waals surface area contributed by atoms with E-state index in [9.17, 15) is 9.59 Å². The Labute approximate surface area is 141 Å². The van der Waals surface area contributed by atoms with Crippen LogP contribution in [0.25, 0.3) is 0 Å². The second kappa shape index (κ2) is 7.30. The van der Waals surface area contributed by atoms with Crippen LogP contribution in [0, 0.1) is 0 Å². The van der Waals surface area contributed by atoms with Crippen molar-refractivity contribution in [1.82, 2.24) is 0 Å². The number of benzene rings is 2. The predicted molar refractivity (Wildman–Crippen MR) is 90.3 cm³/mol. The van der Waals surface area contributed by atoms with Gasteiger partial charge in [-0.2, -0.15) is 0 Å². The largest absolute Gasteiger partial charge is 0.482 e. The molecule has 0 aromatic heterocycles. The average Bonchev–Trinajstić information content (AvgIpc) is 3.07. The highest BCUT2D eigenvalue weighted by atomic mass is 16.6. The Morgan fingerprint density at radius 3 is 2.58 bits per heavy atom. The lowest BCUT2D eigenvalue weighted by atomic mass is 10.1. The van der Waals surface area contributed by atoms with Gasteiger partial charge >= 0.3 is 5.97 Å². The number of carbonyl (C=O) groups excluding carboxylic acids is 2. The molecule has 2 aromatic carbocycles. The third-order valence-electron chi connectivity index (χ3n) is 4.16. The van der Waals surface area contributed by atoms with Gasteiger partial charge in [-0.25, -0.2) is 4.79 Å². The van der Waals surface area contributed by atoms with Crippen LogP contribution in [0.1, 0.15) is 34.8 Å². The Morgan fingerprint density at radius 1 is 1.04 bits per heavy atom. The van der Waals surface area contributed by atoms with E-state index in [-0.39, 0.29) is 12.4 Å². The maximum Gasteiger partial charge on any atom is 0.344 e. The van der Waals surface area contributed by atoms with Gasteiger partial charge in [0.1, 0.15) is 5.75 Å². The van der Waals surface area contributed by atoms with Crippen molar-refractivity contribution in [1.29, 1.82) is 0 Å². The number of esters is 1. The van der Waals surface area contributed by atoms with Gasteiger partial charge in [0.15, 0.2) is 12.7 Å². The highest BCUT2D eigenvalue weighted by molar-refractivity contribution is 6.00. The molecule has 0 spiro atoms. The first-order valence-electron chi connectivity index (χ1n) is 8.17. The summed E-state index contributed by atoms with van der Waals surface area (Å²) in [5.41, 5.74) is 3.16. The summed E-state index contributed by atoms with van der Waals surface area (Å²) in [7, 11) is 0. The van der Waals surface area contributed by atoms with Gasteiger partial charge in [0, 0.05) is 5.56 Å². The summed E-state index contributed by atoms with van der Waals surface area (Å²) in [4.78, 5) is 24.1. The molecule has 0 aliphatic heterocycles. The van der Waals surface area contributed by atoms with Crippen LogP contribution in [0.15, 0.2) is 48.5 Å². The molecule has 24 heavy (non-hydrogen) atoms. The molecule has 0 fully saturated rings. The molecule has 0 saturated heterocycles. The first kappa shape index (κ1) is 16.2. The van der Waals surface area contributed by atoms with Crippen LogP contribution < -0.4 is 4.74 Å². The van der Waals surface area contributed by atoms with Gasteiger partial charge in [-0.3, -0.25) is 4.79 Å². The summed E-state index contributed by atoms with van der Waals surface area (Å²) in [6, 6.07) is 14.7. The molecule has 0 amide bonds. The summed E-state index contributed by atoms with van der Waals surface area (Å²) in [5, 5.41) is 0. The van der Waals surface area contributed by atoms with E-state index in [1.807, 2.05) is 24.3 Å². The van der Waals surface area contributed by atoms with Crippen LogP contribution in [0.2, 0.25) is 0 Å². The number of Topliss-reactive ketones (excluding diaryl/α,β-unsaturated/α-hetero) is 1. The van der Waals surface area contributed by atoms with E-state index >= 15 is 0 Å². The van der Waals surface area contributed by atoms with Crippen molar-refractivity contribution in [2.75, 3.05) is 6.61 Å². The monoisotopic (exact) mass is 324 g/mol. The number of ether oxygens (including phenoxy) is 2. The predicted octanol–water partition coefficient (Wildman–Crippen LogP) is 3.37. The fraction of sp³-hybridized carbons (Fsp3) is 0.300. The van der Waals surface area contributed by atoms with Crippen molar-refractivity contribution in [2.24, 2.45) is 0 Å². The van der Waals surface area contributed by atoms with Crippen LogP contribution in [-0.2, 0) is 22.4 Å². The highest BCUT2D eigenvalue weighted by Crippen LogP contribution is 2.26. The number of rotatable bonds is 6. The van der Waals surface area contributed by atoms with Crippen molar-refractivity contribution in [2.45, 2.75) is 32.3 Å². The fourth-order valence-electron chi connectivity index (χ4n) is 2.90. The van der Waals surface area contributed by atoms with Gasteiger partial charge < -0.3 is 9.47 Å². The minimum Gasteiger partial charge on any atom is -0.482 e. The summed E-state index contributed by atoms with van der Waals surface area (Å²) >= 11 is 0. The second-order valence-corrected chi connectivity index (χ2v) is 5.94. The first-order valence-corrected chi connectivity index (χ1v) is 8.17. The Hall–Kier alpha value is -2.62. The molecular formula is C20H20O4. The number of aryl methyl sites for hydroxylation is 2. The molecule has 4 heteroatoms. The Kier molecular flexibility index (Phi) is 4.94. The van der Waals surface area contributed by atoms with Gasteiger partial charge in [0.05, 0.1) is 0 Å². The standard InChI is InChI=1S/C20H20O4/c1-14(20(22)16-6-3-2-4-7-16)24-19(21)13-23-18-11-10-15-8-5-9-17(15)12-18/h2-4,6-7,10-12,14H,5,8-9,13H2,1H3. The molecule has 0 radical (unpaired) electrons. The van der Waals surface area contributed by atoms with Gasteiger partial charge in [0.25, 0.3) is 0 Å². The van der Waals surface area contributed by atoms with E-state index in [1.165, 1.54) is 17.5 Å². The smallest absolute Gasteiger partial charge is 0.344 e. The second-order valence-electron chi connectivity index (χ2n) is 5.94. The van der Waals surface area contributed by atoms with Crippen LogP contribution in [-0.4, -0.2) is 24.5 Å². The van der Waals surface area contributed by atoms with Crippen LogP contribution in [0.5, 0.6) is 5.75 Å². The molecule has 0 heterocycles. The lowest BCUT2D eigenvalue weighted by Gasteiger charge is -2.13. The van der Waals surface area contributed by atoms with E-state index in [1.54, 1.807) is 31.2 Å². The zero-order valence-corrected chi connectivity index (χ0v) is 13.7. The SMILES string of the molecule is CC(OC(=O)COc1ccc2c(c1)CCC2)C(=O)c1ccccc1. The molecule has 1 aliphatic carbocycles. The average molecular weight is 324 g/mol. The van der Waals surface area contributed by atoms with E-state index in [2.05, 4.69) is 0 Å². The first-order chi connectivity index (χ1) is 11.6. The number of carbonyl (C=O) groups is 2. The maximum absolute atomic E-state index is 12.2. The molecule has 3 rings (SSSR count). The summed E-state index contributed by atoms with van der Waals surface area (Å²) in [6.45, 7) is 1.37. The van der Waals surface area contributed by atoms with Gasteiger partial charge in [-0.05, 0) is 49.4 Å². The molecule has 2 aromatic rings. The summed E-state index contributed by atoms with van der Waals surface area (Å²) in [6.07, 6.45) is 2.50. The van der Waals surface area contributed by atoms with Crippen molar-refractivity contribution in [3.8, 4) is 5.75 Å². The minimum absolute atomic E-state index is 0.203. The third kappa shape index (κ3) is 3.82. The maximum atomic E-state index is 12.2. The van der Waals surface area contributed by atoms with Gasteiger partial charge in [-0.15, -0.1) is 0 Å². The normalized spacial score (nSPS) is 13.9. The molecule has 1 atom stereocenters. The van der Waals surface area contributed by atoms with Crippen LogP contribution in [0.4, 0.5) is 0 Å². The number of fused-ring (bicyclic) bond motifs is 1. The Morgan fingerprint density at radius 2 is 1.79 bits per heavy atom. The van der Waals surface area contributed by atoms with Crippen molar-refractivity contribution in [3.05, 3.63) is 65.2 Å². The van der Waals surface area contributed by atoms with E-state index in [4.69, 9.17) is 9.47 Å². The number of hydrogen-bond acceptors (Lipinski definition) is 4. The minimum atomic E-state index is -0.830. The van der Waals surface area contributed by atoms with Crippen LogP contribution >= 0.6 is 0 Å². The van der Waals surface area contributed by atoms with Crippen molar-refractivity contribution < 1.29 is 19.1 Å². The van der Waals surface area contributed by atoms with E-state index in [0.717, 1.165) is 12.8 Å². The molecule has 0 saturated carbocycles. The Balaban J connectivity index is 1.51. The van der Waals surface area contributed by atoms with Gasteiger partial charge in [-0.1, -0.05) is 36.4 Å². The molecule has 1 aliphatic rings. The number of hydrogen-bond donors (Lipinski definition) is 0. The number of ketones is 1. The lowest BCUT2D eigenvalue weighted by molar-refractivity contribution is -0.148. The van der Waals surface area contributed by atoms with Crippen LogP contribution in [0.3, 0.4) is 0 Å². The molecule has 124 valence electrons. The van der Waals surface area contributed by atoms with Crippen molar-refractivity contribution in [3.63, 3.8) is 0 Å². The summed E-state index contributed by atoms with van der Waals surface area (Å²) in [5.74, 6) is -0.108. The fourth-order valence-corrected chi connectivity index (χ4v) is 2.90. The zero-order valence-electron chi connectivity index (χ0n) is 13.7. The topological polar surface area (TPSA) is 52.6 Å². The van der Waals surface area contributed by atoms with Crippen molar-refractivity contribution >= 4 is 11.8 Å². The zero-order chi connectivity index (χ0) is 16.9. The molecule has 0 bridgehead atoms. The molecule has 1 unspecified atom stereocenters. The molecule has 4 nitrogen and oxygen atoms in total. The Bertz CT molecular complexity index is 737. The highest BCUT2D eigenvalue weighted by Gasteiger charge is 2.19. The molecular weight excluding hydrogens is 304 g/mol. The molecule has 0 N–H and O–H groups in total. The van der Waals surface area contributed by atoms with Gasteiger partial charge in [0.2, 0.25) is 5.78 Å². The van der Waals surface area contributed by atoms with E-state index < -0.39 is 12.1 Å². The lowest BCUT2D eigenvalue weighted by Crippen LogP contribution is -2.27. The van der Waals surface area contributed by atoms with E-state index in [0.29, 0.717) is 11.3 Å². The third-order valence-corrected chi connectivity index (χ3v) is 4.16.